The number of aromatic amines is 1. The van der Waals surface area contributed by atoms with E-state index >= 15 is 0 Å². The van der Waals surface area contributed by atoms with E-state index in [1.807, 2.05) is 42.5 Å². The Morgan fingerprint density at radius 1 is 1.13 bits per heavy atom. The molecule has 0 fully saturated rings. The number of ether oxygens (including phenoxy) is 2. The molecule has 3 aromatic carbocycles. The first kappa shape index (κ1) is 26.4. The number of nitrogens with zero attached hydrogens (tertiary/aromatic N) is 3. The molecule has 0 radical (unpaired) electrons. The monoisotopic (exact) mass is 547 g/mol. The molecule has 0 bridgehead atoms. The Morgan fingerprint density at radius 3 is 2.79 bits per heavy atom. The van der Waals surface area contributed by atoms with Gasteiger partial charge in [0.2, 0.25) is 0 Å². The summed E-state index contributed by atoms with van der Waals surface area (Å²) in [5.74, 6) is 0.531. The zero-order valence-corrected chi connectivity index (χ0v) is 21.8. The van der Waals surface area contributed by atoms with Crippen molar-refractivity contribution in [3.63, 3.8) is 0 Å². The van der Waals surface area contributed by atoms with E-state index in [0.29, 0.717) is 49.9 Å². The highest BCUT2D eigenvalue weighted by atomic mass is 35.5. The Hall–Kier alpha value is -4.24. The Balaban J connectivity index is 1.44. The van der Waals surface area contributed by atoms with Crippen LogP contribution < -0.4 is 9.47 Å². The lowest BCUT2D eigenvalue weighted by Gasteiger charge is -2.35. The van der Waals surface area contributed by atoms with Crippen molar-refractivity contribution in [2.75, 3.05) is 26.2 Å². The van der Waals surface area contributed by atoms with Gasteiger partial charge in [0.05, 0.1) is 19.7 Å². The number of hydrogen-bond donors (Lipinski definition) is 2. The summed E-state index contributed by atoms with van der Waals surface area (Å²) in [7, 11) is 0. The van der Waals surface area contributed by atoms with Crippen molar-refractivity contribution >= 4 is 34.8 Å². The van der Waals surface area contributed by atoms with Crippen LogP contribution in [0.2, 0.25) is 5.02 Å². The lowest BCUT2D eigenvalue weighted by Crippen LogP contribution is -2.42. The molecular formula is C29H27ClFN5O3. The zero-order valence-electron chi connectivity index (χ0n) is 21.1. The third-order valence-electron chi connectivity index (χ3n) is 6.50. The van der Waals surface area contributed by atoms with Crippen LogP contribution >= 0.6 is 11.6 Å². The van der Waals surface area contributed by atoms with Crippen molar-refractivity contribution in [3.8, 4) is 11.5 Å². The predicted molar refractivity (Wildman–Crippen MR) is 148 cm³/mol. The Labute approximate surface area is 229 Å². The molecule has 39 heavy (non-hydrogen) atoms. The zero-order chi connectivity index (χ0) is 27.2. The van der Waals surface area contributed by atoms with E-state index in [1.54, 1.807) is 11.1 Å². The maximum Gasteiger partial charge on any atom is 0.416 e. The largest absolute Gasteiger partial charge is 0.493 e. The van der Waals surface area contributed by atoms with Gasteiger partial charge in [-0.2, -0.15) is 5.11 Å². The van der Waals surface area contributed by atoms with Gasteiger partial charge in [0.15, 0.2) is 0 Å². The minimum absolute atomic E-state index is 0.268. The molecule has 10 heteroatoms. The fraction of sp³-hybridized carbons (Fsp3) is 0.241. The van der Waals surface area contributed by atoms with Crippen LogP contribution in [0.4, 0.5) is 9.18 Å². The van der Waals surface area contributed by atoms with Crippen molar-refractivity contribution in [3.05, 3.63) is 94.4 Å². The van der Waals surface area contributed by atoms with Crippen LogP contribution in [-0.4, -0.2) is 48.4 Å². The van der Waals surface area contributed by atoms with Gasteiger partial charge < -0.3 is 14.5 Å². The summed E-state index contributed by atoms with van der Waals surface area (Å²) in [5.41, 5.74) is 10.6. The minimum Gasteiger partial charge on any atom is -0.493 e. The molecule has 0 saturated heterocycles. The summed E-state index contributed by atoms with van der Waals surface area (Å²) < 4.78 is 25.0. The number of benzene rings is 3. The van der Waals surface area contributed by atoms with Gasteiger partial charge in [-0.25, -0.2) is 14.7 Å². The number of fused-ring (bicyclic) bond motifs is 3. The van der Waals surface area contributed by atoms with Crippen LogP contribution in [0.5, 0.6) is 11.5 Å². The Morgan fingerprint density at radius 2 is 1.97 bits per heavy atom. The minimum atomic E-state index is -0.532. The second kappa shape index (κ2) is 12.1. The number of aromatic nitrogens is 1. The molecule has 1 unspecified atom stereocenters. The summed E-state index contributed by atoms with van der Waals surface area (Å²) in [6.07, 6.45) is 2.48. The van der Waals surface area contributed by atoms with Gasteiger partial charge in [-0.15, -0.1) is 0 Å². The molecule has 1 aliphatic heterocycles. The number of carbonyl (C=O) groups excluding carboxylic acids is 1. The van der Waals surface area contributed by atoms with Crippen LogP contribution in [0.1, 0.15) is 29.3 Å². The molecule has 4 aromatic rings. The first-order valence-electron chi connectivity index (χ1n) is 12.6. The number of nitrogens with one attached hydrogen (secondary N) is 2. The van der Waals surface area contributed by atoms with E-state index in [2.05, 4.69) is 15.1 Å². The SMILES string of the molecule is N=NCCN=CCCOc1cccc(C2c3[nH]c4ccc(Cl)cc4c3CCN2C(=O)Oc2ccc(F)cc2)c1. The predicted octanol–water partition coefficient (Wildman–Crippen LogP) is 6.98. The standard InChI is InChI=1S/C29H27ClFN5O3/c30-20-5-10-26-25(18-20)24-11-15-36(29(37)39-22-8-6-21(31)7-9-22)28(27(24)35-26)19-3-1-4-23(17-19)38-16-2-12-33-13-14-34-32/h1,3-10,12,17-18,28,32,35H,2,11,13-16H2. The van der Waals surface area contributed by atoms with E-state index in [1.165, 1.54) is 24.3 Å². The lowest BCUT2D eigenvalue weighted by atomic mass is 9.92. The van der Waals surface area contributed by atoms with Gasteiger partial charge in [0.25, 0.3) is 0 Å². The number of H-pyrrole nitrogens is 1. The molecular weight excluding hydrogens is 521 g/mol. The van der Waals surface area contributed by atoms with Gasteiger partial charge in [-0.1, -0.05) is 23.7 Å². The number of hydrogen-bond acceptors (Lipinski definition) is 6. The molecule has 8 nitrogen and oxygen atoms in total. The van der Waals surface area contributed by atoms with Crippen LogP contribution in [0.3, 0.4) is 0 Å². The van der Waals surface area contributed by atoms with Crippen LogP contribution in [0.15, 0.2) is 76.8 Å². The maximum absolute atomic E-state index is 13.4. The third-order valence-corrected chi connectivity index (χ3v) is 6.74. The van der Waals surface area contributed by atoms with Gasteiger partial charge in [0.1, 0.15) is 23.4 Å². The maximum atomic E-state index is 13.4. The molecule has 0 aliphatic carbocycles. The second-order valence-electron chi connectivity index (χ2n) is 9.06. The topological polar surface area (TPSA) is 103 Å². The van der Waals surface area contributed by atoms with Crippen molar-refractivity contribution in [1.29, 1.82) is 5.53 Å². The second-order valence-corrected chi connectivity index (χ2v) is 9.49. The van der Waals surface area contributed by atoms with E-state index < -0.39 is 18.0 Å². The number of aliphatic imine (C=N–C) groups is 1. The van der Waals surface area contributed by atoms with Crippen molar-refractivity contribution in [2.45, 2.75) is 18.9 Å². The molecule has 1 aromatic heterocycles. The highest BCUT2D eigenvalue weighted by Gasteiger charge is 2.36. The molecule has 200 valence electrons. The highest BCUT2D eigenvalue weighted by Crippen LogP contribution is 2.40. The third kappa shape index (κ3) is 6.09. The summed E-state index contributed by atoms with van der Waals surface area (Å²) in [6.45, 7) is 1.72. The van der Waals surface area contributed by atoms with Crippen LogP contribution in [-0.2, 0) is 6.42 Å². The molecule has 1 aliphatic rings. The van der Waals surface area contributed by atoms with E-state index in [0.717, 1.165) is 27.7 Å². The molecule has 2 N–H and O–H groups in total. The Kier molecular flexibility index (Phi) is 8.17. The summed E-state index contributed by atoms with van der Waals surface area (Å²) in [4.78, 5) is 22.8. The van der Waals surface area contributed by atoms with Crippen molar-refractivity contribution in [2.24, 2.45) is 10.1 Å². The summed E-state index contributed by atoms with van der Waals surface area (Å²) >= 11 is 6.30. The first-order chi connectivity index (χ1) is 19.0. The average molecular weight is 548 g/mol. The fourth-order valence-corrected chi connectivity index (χ4v) is 4.93. The molecule has 5 rings (SSSR count). The highest BCUT2D eigenvalue weighted by molar-refractivity contribution is 6.31. The van der Waals surface area contributed by atoms with E-state index in [4.69, 9.17) is 26.6 Å². The van der Waals surface area contributed by atoms with Crippen LogP contribution in [0, 0.1) is 11.3 Å². The lowest BCUT2D eigenvalue weighted by molar-refractivity contribution is 0.135. The van der Waals surface area contributed by atoms with Crippen molar-refractivity contribution in [1.82, 2.24) is 9.88 Å². The number of amides is 1. The van der Waals surface area contributed by atoms with E-state index in [9.17, 15) is 9.18 Å². The van der Waals surface area contributed by atoms with Crippen molar-refractivity contribution < 1.29 is 18.7 Å². The van der Waals surface area contributed by atoms with Gasteiger partial charge >= 0.3 is 6.09 Å². The molecule has 0 saturated carbocycles. The van der Waals surface area contributed by atoms with Gasteiger partial charge in [-0.05, 0) is 72.1 Å². The normalized spacial score (nSPS) is 14.9. The Bertz CT molecular complexity index is 1500. The summed E-state index contributed by atoms with van der Waals surface area (Å²) in [5, 5.41) is 4.95. The summed E-state index contributed by atoms with van der Waals surface area (Å²) in [6, 6.07) is 18.3. The first-order valence-corrected chi connectivity index (χ1v) is 13.0. The number of carbonyl (C=O) groups is 1. The smallest absolute Gasteiger partial charge is 0.416 e. The fourth-order valence-electron chi connectivity index (χ4n) is 4.76. The molecule has 1 amide bonds. The van der Waals surface area contributed by atoms with E-state index in [-0.39, 0.29) is 5.75 Å². The molecule has 2 heterocycles. The molecule has 0 spiro atoms. The number of halogens is 2. The van der Waals surface area contributed by atoms with Gasteiger partial charge in [-0.3, -0.25) is 9.89 Å². The molecule has 1 atom stereocenters. The van der Waals surface area contributed by atoms with Crippen LogP contribution in [0.25, 0.3) is 10.9 Å². The number of rotatable bonds is 9. The quantitative estimate of drug-likeness (QED) is 0.134. The van der Waals surface area contributed by atoms with Gasteiger partial charge in [0, 0.05) is 40.8 Å². The average Bonchev–Trinajstić information content (AvgIpc) is 3.31.